The van der Waals surface area contributed by atoms with Crippen molar-refractivity contribution in [1.29, 1.82) is 0 Å². The van der Waals surface area contributed by atoms with Crippen LogP contribution < -0.4 is 10.6 Å². The van der Waals surface area contributed by atoms with E-state index in [4.69, 9.17) is 4.74 Å². The van der Waals surface area contributed by atoms with Gasteiger partial charge in [-0.15, -0.1) is 0 Å². The Morgan fingerprint density at radius 2 is 1.57 bits per heavy atom. The standard InChI is InChI=1S/C11H26N2O/c1-10(2,3)13-8-7-12-9-11(4,5)14-6/h12-13H,7-9H2,1-6H3. The molecule has 0 rings (SSSR count). The van der Waals surface area contributed by atoms with E-state index in [1.165, 1.54) is 0 Å². The minimum absolute atomic E-state index is 0.0677. The summed E-state index contributed by atoms with van der Waals surface area (Å²) in [5.74, 6) is 0. The molecule has 86 valence electrons. The molecule has 0 spiro atoms. The summed E-state index contributed by atoms with van der Waals surface area (Å²) in [6.45, 7) is 13.5. The zero-order valence-electron chi connectivity index (χ0n) is 10.5. The molecule has 14 heavy (non-hydrogen) atoms. The van der Waals surface area contributed by atoms with Crippen LogP contribution in [0, 0.1) is 0 Å². The van der Waals surface area contributed by atoms with Gasteiger partial charge in [0.15, 0.2) is 0 Å². The van der Waals surface area contributed by atoms with Crippen LogP contribution in [-0.4, -0.2) is 37.9 Å². The molecule has 0 radical (unpaired) electrons. The van der Waals surface area contributed by atoms with Crippen molar-refractivity contribution in [2.75, 3.05) is 26.7 Å². The van der Waals surface area contributed by atoms with Crippen LogP contribution in [-0.2, 0) is 4.74 Å². The molecule has 3 heteroatoms. The van der Waals surface area contributed by atoms with E-state index in [-0.39, 0.29) is 11.1 Å². The molecule has 2 N–H and O–H groups in total. The number of rotatable bonds is 6. The predicted octanol–water partition coefficient (Wildman–Crippen LogP) is 1.39. The maximum absolute atomic E-state index is 5.30. The Labute approximate surface area is 88.6 Å². The van der Waals surface area contributed by atoms with Gasteiger partial charge < -0.3 is 15.4 Å². The first-order chi connectivity index (χ1) is 6.27. The lowest BCUT2D eigenvalue weighted by Crippen LogP contribution is -2.43. The first-order valence-corrected chi connectivity index (χ1v) is 5.28. The first-order valence-electron chi connectivity index (χ1n) is 5.28. The molecule has 0 saturated heterocycles. The lowest BCUT2D eigenvalue weighted by molar-refractivity contribution is 0.0235. The summed E-state index contributed by atoms with van der Waals surface area (Å²) in [7, 11) is 1.75. The van der Waals surface area contributed by atoms with Gasteiger partial charge in [-0.3, -0.25) is 0 Å². The Bertz CT molecular complexity index is 150. The molecular weight excluding hydrogens is 176 g/mol. The van der Waals surface area contributed by atoms with Crippen molar-refractivity contribution >= 4 is 0 Å². The Morgan fingerprint density at radius 3 is 2.00 bits per heavy atom. The van der Waals surface area contributed by atoms with E-state index in [2.05, 4.69) is 45.3 Å². The second kappa shape index (κ2) is 5.69. The van der Waals surface area contributed by atoms with Crippen LogP contribution in [0.15, 0.2) is 0 Å². The molecule has 0 aromatic heterocycles. The van der Waals surface area contributed by atoms with Crippen molar-refractivity contribution in [3.63, 3.8) is 0 Å². The van der Waals surface area contributed by atoms with Gasteiger partial charge in [-0.1, -0.05) is 0 Å². The average molecular weight is 202 g/mol. The number of nitrogens with one attached hydrogen (secondary N) is 2. The van der Waals surface area contributed by atoms with Crippen LogP contribution in [0.5, 0.6) is 0 Å². The number of methoxy groups -OCH3 is 1. The molecule has 0 atom stereocenters. The Balaban J connectivity index is 3.39. The highest BCUT2D eigenvalue weighted by atomic mass is 16.5. The van der Waals surface area contributed by atoms with E-state index in [0.29, 0.717) is 0 Å². The molecule has 0 bridgehead atoms. The van der Waals surface area contributed by atoms with Gasteiger partial charge in [0.1, 0.15) is 0 Å². The van der Waals surface area contributed by atoms with E-state index >= 15 is 0 Å². The van der Waals surface area contributed by atoms with E-state index in [0.717, 1.165) is 19.6 Å². The first kappa shape index (κ1) is 13.9. The monoisotopic (exact) mass is 202 g/mol. The fraction of sp³-hybridized carbons (Fsp3) is 1.00. The maximum Gasteiger partial charge on any atom is 0.0746 e. The van der Waals surface area contributed by atoms with Gasteiger partial charge in [0.25, 0.3) is 0 Å². The van der Waals surface area contributed by atoms with Crippen molar-refractivity contribution in [3.8, 4) is 0 Å². The fourth-order valence-electron chi connectivity index (χ4n) is 0.987. The molecule has 0 fully saturated rings. The number of hydrogen-bond acceptors (Lipinski definition) is 3. The molecule has 0 aromatic carbocycles. The van der Waals surface area contributed by atoms with E-state index in [1.807, 2.05) is 0 Å². The predicted molar refractivity (Wildman–Crippen MR) is 61.7 cm³/mol. The molecule has 0 unspecified atom stereocenters. The van der Waals surface area contributed by atoms with Crippen LogP contribution >= 0.6 is 0 Å². The van der Waals surface area contributed by atoms with Gasteiger partial charge in [-0.25, -0.2) is 0 Å². The van der Waals surface area contributed by atoms with Crippen LogP contribution in [0.25, 0.3) is 0 Å². The van der Waals surface area contributed by atoms with Gasteiger partial charge in [-0.05, 0) is 34.6 Å². The lowest BCUT2D eigenvalue weighted by atomic mass is 10.1. The van der Waals surface area contributed by atoms with Crippen molar-refractivity contribution in [2.24, 2.45) is 0 Å². The molecule has 0 saturated carbocycles. The van der Waals surface area contributed by atoms with Crippen LogP contribution in [0.2, 0.25) is 0 Å². The third-order valence-corrected chi connectivity index (χ3v) is 2.06. The van der Waals surface area contributed by atoms with Crippen molar-refractivity contribution < 1.29 is 4.74 Å². The third kappa shape index (κ3) is 8.48. The van der Waals surface area contributed by atoms with Crippen molar-refractivity contribution in [2.45, 2.75) is 45.8 Å². The molecule has 0 aliphatic rings. The molecule has 0 aliphatic carbocycles. The second-order valence-corrected chi connectivity index (χ2v) is 5.32. The molecule has 3 nitrogen and oxygen atoms in total. The summed E-state index contributed by atoms with van der Waals surface area (Å²) in [6, 6.07) is 0. The van der Waals surface area contributed by atoms with Gasteiger partial charge in [-0.2, -0.15) is 0 Å². The van der Waals surface area contributed by atoms with E-state index < -0.39 is 0 Å². The smallest absolute Gasteiger partial charge is 0.0746 e. The average Bonchev–Trinajstić information content (AvgIpc) is 2.01. The van der Waals surface area contributed by atoms with Crippen LogP contribution in [0.1, 0.15) is 34.6 Å². The summed E-state index contributed by atoms with van der Waals surface area (Å²) in [5.41, 5.74) is 0.139. The third-order valence-electron chi connectivity index (χ3n) is 2.06. The fourth-order valence-corrected chi connectivity index (χ4v) is 0.987. The highest BCUT2D eigenvalue weighted by molar-refractivity contribution is 4.73. The molecule has 0 aromatic rings. The molecule has 0 aliphatic heterocycles. The SMILES string of the molecule is COC(C)(C)CNCCNC(C)(C)C. The van der Waals surface area contributed by atoms with Gasteiger partial charge in [0, 0.05) is 32.3 Å². The van der Waals surface area contributed by atoms with Crippen LogP contribution in [0.3, 0.4) is 0 Å². The second-order valence-electron chi connectivity index (χ2n) is 5.32. The van der Waals surface area contributed by atoms with E-state index in [9.17, 15) is 0 Å². The summed E-state index contributed by atoms with van der Waals surface area (Å²) >= 11 is 0. The minimum Gasteiger partial charge on any atom is -0.377 e. The summed E-state index contributed by atoms with van der Waals surface area (Å²) < 4.78 is 5.30. The summed E-state index contributed by atoms with van der Waals surface area (Å²) in [5, 5.41) is 6.78. The van der Waals surface area contributed by atoms with Gasteiger partial charge in [0.05, 0.1) is 5.60 Å². The van der Waals surface area contributed by atoms with E-state index in [1.54, 1.807) is 7.11 Å². The van der Waals surface area contributed by atoms with Gasteiger partial charge in [0.2, 0.25) is 0 Å². The highest BCUT2D eigenvalue weighted by Gasteiger charge is 2.15. The minimum atomic E-state index is -0.0677. The van der Waals surface area contributed by atoms with Crippen molar-refractivity contribution in [3.05, 3.63) is 0 Å². The quantitative estimate of drug-likeness (QED) is 0.639. The lowest BCUT2D eigenvalue weighted by Gasteiger charge is -2.24. The Kier molecular flexibility index (Phi) is 5.64. The number of ether oxygens (including phenoxy) is 1. The normalized spacial score (nSPS) is 13.3. The van der Waals surface area contributed by atoms with Gasteiger partial charge >= 0.3 is 0 Å². The van der Waals surface area contributed by atoms with Crippen LogP contribution in [0.4, 0.5) is 0 Å². The molecule has 0 heterocycles. The Hall–Kier alpha value is -0.120. The zero-order valence-corrected chi connectivity index (χ0v) is 10.5. The Morgan fingerprint density at radius 1 is 1.00 bits per heavy atom. The molecule has 0 amide bonds. The largest absolute Gasteiger partial charge is 0.377 e. The number of hydrogen-bond donors (Lipinski definition) is 2. The summed E-state index contributed by atoms with van der Waals surface area (Å²) in [4.78, 5) is 0. The maximum atomic E-state index is 5.30. The molecular formula is C11H26N2O. The topological polar surface area (TPSA) is 33.3 Å². The highest BCUT2D eigenvalue weighted by Crippen LogP contribution is 2.04. The zero-order chi connectivity index (χ0) is 11.2. The van der Waals surface area contributed by atoms with Crippen molar-refractivity contribution in [1.82, 2.24) is 10.6 Å². The summed E-state index contributed by atoms with van der Waals surface area (Å²) in [6.07, 6.45) is 0.